The molecule has 0 heterocycles. The Morgan fingerprint density at radius 1 is 0.893 bits per heavy atom. The van der Waals surface area contributed by atoms with Crippen molar-refractivity contribution in [2.45, 2.75) is 65.2 Å². The molecule has 0 fully saturated rings. The Morgan fingerprint density at radius 3 is 2.21 bits per heavy atom. The van der Waals surface area contributed by atoms with Gasteiger partial charge in [0, 0.05) is 6.42 Å². The molecule has 0 atom stereocenters. The highest BCUT2D eigenvalue weighted by Gasteiger charge is 2.14. The van der Waals surface area contributed by atoms with Gasteiger partial charge in [-0.05, 0) is 54.2 Å². The Balaban J connectivity index is 2.18. The van der Waals surface area contributed by atoms with Crippen LogP contribution in [0.3, 0.4) is 0 Å². The third-order valence-electron chi connectivity index (χ3n) is 4.77. The molecule has 0 aromatic heterocycles. The summed E-state index contributed by atoms with van der Waals surface area (Å²) in [5, 5.41) is 9.53. The van der Waals surface area contributed by atoms with Gasteiger partial charge in [-0.3, -0.25) is 4.79 Å². The van der Waals surface area contributed by atoms with Crippen molar-refractivity contribution in [1.82, 2.24) is 0 Å². The number of carbonyl (C=O) groups excluding carboxylic acids is 1. The molecule has 0 unspecified atom stereocenters. The van der Waals surface area contributed by atoms with E-state index in [1.807, 2.05) is 24.3 Å². The van der Waals surface area contributed by atoms with Crippen LogP contribution in [0.15, 0.2) is 42.5 Å². The van der Waals surface area contributed by atoms with Gasteiger partial charge in [0.1, 0.15) is 5.75 Å². The smallest absolute Gasteiger partial charge is 0.336 e. The summed E-state index contributed by atoms with van der Waals surface area (Å²) in [7, 11) is 0. The molecular formula is C24H30O4. The van der Waals surface area contributed by atoms with Crippen LogP contribution in [0, 0.1) is 0 Å². The maximum Gasteiger partial charge on any atom is 0.336 e. The first-order chi connectivity index (χ1) is 13.5. The molecule has 2 aromatic rings. The molecule has 0 bridgehead atoms. The van der Waals surface area contributed by atoms with E-state index in [-0.39, 0.29) is 11.5 Å². The highest BCUT2D eigenvalue weighted by molar-refractivity contribution is 5.96. The van der Waals surface area contributed by atoms with Crippen molar-refractivity contribution in [3.05, 3.63) is 53.6 Å². The molecule has 2 rings (SSSR count). The molecular weight excluding hydrogens is 352 g/mol. The molecule has 0 aliphatic heterocycles. The first-order valence-corrected chi connectivity index (χ1v) is 10.2. The normalized spacial score (nSPS) is 10.6. The molecule has 0 radical (unpaired) electrons. The van der Waals surface area contributed by atoms with E-state index >= 15 is 0 Å². The van der Waals surface area contributed by atoms with Gasteiger partial charge in [-0.1, -0.05) is 63.8 Å². The average Bonchev–Trinajstić information content (AvgIpc) is 2.69. The predicted molar refractivity (Wildman–Crippen MR) is 112 cm³/mol. The van der Waals surface area contributed by atoms with Crippen molar-refractivity contribution in [3.8, 4) is 16.9 Å². The highest BCUT2D eigenvalue weighted by atomic mass is 16.5. The van der Waals surface area contributed by atoms with Gasteiger partial charge in [-0.15, -0.1) is 0 Å². The van der Waals surface area contributed by atoms with Crippen LogP contribution in [0.4, 0.5) is 0 Å². The molecule has 0 amide bonds. The minimum Gasteiger partial charge on any atom is -0.478 e. The molecule has 2 aromatic carbocycles. The molecule has 0 aliphatic carbocycles. The molecule has 0 saturated carbocycles. The number of carboxylic acid groups (broad SMARTS) is 1. The summed E-state index contributed by atoms with van der Waals surface area (Å²) in [6, 6.07) is 12.7. The van der Waals surface area contributed by atoms with Crippen molar-refractivity contribution in [2.75, 3.05) is 0 Å². The van der Waals surface area contributed by atoms with E-state index in [1.165, 1.54) is 24.5 Å². The van der Waals surface area contributed by atoms with Crippen molar-refractivity contribution in [2.24, 2.45) is 0 Å². The fourth-order valence-corrected chi connectivity index (χ4v) is 3.14. The summed E-state index contributed by atoms with van der Waals surface area (Å²) < 4.78 is 5.42. The third-order valence-corrected chi connectivity index (χ3v) is 4.77. The van der Waals surface area contributed by atoms with Crippen LogP contribution in [-0.2, 0) is 11.2 Å². The van der Waals surface area contributed by atoms with Gasteiger partial charge in [0.2, 0.25) is 0 Å². The van der Waals surface area contributed by atoms with Gasteiger partial charge in [-0.25, -0.2) is 4.79 Å². The number of hydrogen-bond donors (Lipinski definition) is 1. The molecule has 28 heavy (non-hydrogen) atoms. The summed E-state index contributed by atoms with van der Waals surface area (Å²) >= 11 is 0. The first-order valence-electron chi connectivity index (χ1n) is 10.2. The van der Waals surface area contributed by atoms with Crippen LogP contribution in [-0.4, -0.2) is 17.0 Å². The van der Waals surface area contributed by atoms with E-state index in [2.05, 4.69) is 13.8 Å². The van der Waals surface area contributed by atoms with Crippen LogP contribution in [0.1, 0.15) is 74.7 Å². The van der Waals surface area contributed by atoms with E-state index in [4.69, 9.17) is 4.74 Å². The summed E-state index contributed by atoms with van der Waals surface area (Å²) in [5.41, 5.74) is 2.81. The third kappa shape index (κ3) is 6.52. The first kappa shape index (κ1) is 21.7. The van der Waals surface area contributed by atoms with Crippen LogP contribution in [0.2, 0.25) is 0 Å². The van der Waals surface area contributed by atoms with E-state index < -0.39 is 5.97 Å². The van der Waals surface area contributed by atoms with Crippen molar-refractivity contribution < 1.29 is 19.4 Å². The number of carboxylic acids is 1. The van der Waals surface area contributed by atoms with E-state index in [0.717, 1.165) is 37.7 Å². The number of aryl methyl sites for hydroxylation is 1. The number of ether oxygens (including phenoxy) is 1. The molecule has 0 spiro atoms. The van der Waals surface area contributed by atoms with Crippen LogP contribution in [0.25, 0.3) is 11.1 Å². The zero-order valence-corrected chi connectivity index (χ0v) is 16.9. The Hall–Kier alpha value is -2.62. The predicted octanol–water partition coefficient (Wildman–Crippen LogP) is 6.27. The average molecular weight is 383 g/mol. The van der Waals surface area contributed by atoms with Gasteiger partial charge in [0.15, 0.2) is 0 Å². The standard InChI is InChI=1S/C24H30O4/c1-3-5-7-9-18-11-13-19(14-12-18)22-17-20(15-16-21(22)24(26)27)28-23(25)10-8-6-4-2/h11-17H,3-10H2,1-2H3,(H,26,27). The largest absolute Gasteiger partial charge is 0.478 e. The fraction of sp³-hybridized carbons (Fsp3) is 0.417. The lowest BCUT2D eigenvalue weighted by atomic mass is 9.97. The maximum atomic E-state index is 12.0. The van der Waals surface area contributed by atoms with Gasteiger partial charge in [-0.2, -0.15) is 0 Å². The van der Waals surface area contributed by atoms with E-state index in [9.17, 15) is 14.7 Å². The lowest BCUT2D eigenvalue weighted by Crippen LogP contribution is -2.08. The summed E-state index contributed by atoms with van der Waals surface area (Å²) in [6.07, 6.45) is 7.77. The minimum absolute atomic E-state index is 0.199. The van der Waals surface area contributed by atoms with Crippen LogP contribution >= 0.6 is 0 Å². The lowest BCUT2D eigenvalue weighted by molar-refractivity contribution is -0.134. The Morgan fingerprint density at radius 2 is 1.57 bits per heavy atom. The number of unbranched alkanes of at least 4 members (excludes halogenated alkanes) is 4. The Labute approximate surface area is 167 Å². The second kappa shape index (κ2) is 11.3. The number of aromatic carboxylic acids is 1. The van der Waals surface area contributed by atoms with Gasteiger partial charge >= 0.3 is 11.9 Å². The monoisotopic (exact) mass is 382 g/mol. The number of esters is 1. The van der Waals surface area contributed by atoms with Crippen molar-refractivity contribution >= 4 is 11.9 Å². The fourth-order valence-electron chi connectivity index (χ4n) is 3.14. The van der Waals surface area contributed by atoms with E-state index in [1.54, 1.807) is 12.1 Å². The minimum atomic E-state index is -0.997. The Kier molecular flexibility index (Phi) is 8.73. The summed E-state index contributed by atoms with van der Waals surface area (Å²) in [5.74, 6) is -0.898. The van der Waals surface area contributed by atoms with Crippen LogP contribution < -0.4 is 4.74 Å². The maximum absolute atomic E-state index is 12.0. The zero-order chi connectivity index (χ0) is 20.4. The molecule has 150 valence electrons. The Bertz CT molecular complexity index is 778. The van der Waals surface area contributed by atoms with Crippen molar-refractivity contribution in [3.63, 3.8) is 0 Å². The van der Waals surface area contributed by atoms with E-state index in [0.29, 0.717) is 17.7 Å². The topological polar surface area (TPSA) is 63.6 Å². The zero-order valence-electron chi connectivity index (χ0n) is 16.9. The number of benzene rings is 2. The number of hydrogen-bond acceptors (Lipinski definition) is 3. The molecule has 4 nitrogen and oxygen atoms in total. The lowest BCUT2D eigenvalue weighted by Gasteiger charge is -2.11. The van der Waals surface area contributed by atoms with Crippen molar-refractivity contribution in [1.29, 1.82) is 0 Å². The molecule has 1 N–H and O–H groups in total. The molecule has 0 saturated heterocycles. The van der Waals surface area contributed by atoms with Gasteiger partial charge < -0.3 is 9.84 Å². The second-order valence-corrected chi connectivity index (χ2v) is 7.10. The molecule has 0 aliphatic rings. The SMILES string of the molecule is CCCCCC(=O)Oc1ccc(C(=O)O)c(-c2ccc(CCCCC)cc2)c1. The quantitative estimate of drug-likeness (QED) is 0.283. The summed E-state index contributed by atoms with van der Waals surface area (Å²) in [4.78, 5) is 23.6. The number of rotatable bonds is 11. The van der Waals surface area contributed by atoms with Gasteiger partial charge in [0.25, 0.3) is 0 Å². The second-order valence-electron chi connectivity index (χ2n) is 7.10. The number of carbonyl (C=O) groups is 2. The summed E-state index contributed by atoms with van der Waals surface area (Å²) in [6.45, 7) is 4.26. The van der Waals surface area contributed by atoms with Gasteiger partial charge in [0.05, 0.1) is 5.56 Å². The highest BCUT2D eigenvalue weighted by Crippen LogP contribution is 2.29. The molecule has 4 heteroatoms. The van der Waals surface area contributed by atoms with Crippen LogP contribution in [0.5, 0.6) is 5.75 Å².